The van der Waals surface area contributed by atoms with E-state index in [9.17, 15) is 4.79 Å². The lowest BCUT2D eigenvalue weighted by Gasteiger charge is -2.13. The van der Waals surface area contributed by atoms with Crippen molar-refractivity contribution >= 4 is 21.4 Å². The van der Waals surface area contributed by atoms with E-state index in [4.69, 9.17) is 0 Å². The van der Waals surface area contributed by atoms with Crippen molar-refractivity contribution in [3.05, 3.63) is 58.0 Å². The lowest BCUT2D eigenvalue weighted by atomic mass is 9.92. The summed E-state index contributed by atoms with van der Waals surface area (Å²) in [5.74, 6) is 1.27. The zero-order valence-electron chi connectivity index (χ0n) is 11.8. The summed E-state index contributed by atoms with van der Waals surface area (Å²) in [5.41, 5.74) is 2.83. The number of anilines is 1. The zero-order valence-corrected chi connectivity index (χ0v) is 12.6. The number of hydrogen-bond donors (Lipinski definition) is 1. The van der Waals surface area contributed by atoms with E-state index in [1.54, 1.807) is 0 Å². The molecule has 1 saturated carbocycles. The summed E-state index contributed by atoms with van der Waals surface area (Å²) in [5, 5.41) is 8.66. The van der Waals surface area contributed by atoms with E-state index in [2.05, 4.69) is 39.7 Å². The quantitative estimate of drug-likeness (QED) is 0.789. The third kappa shape index (κ3) is 1.73. The second kappa shape index (κ2) is 4.39. The standard InChI is InChI=1S/C16H14N4OS/c21-12-7-8-17-16-20(12)19-15(22-16)18-14-11-6-5-9-3-1-2-4-10(9)13(11)14/h1-4,7-8,11,13-14H,5-6H2,(H,18,19). The average molecular weight is 310 g/mol. The molecule has 6 heteroatoms. The lowest BCUT2D eigenvalue weighted by Crippen LogP contribution is -2.13. The van der Waals surface area contributed by atoms with Crippen molar-refractivity contribution in [2.45, 2.75) is 24.8 Å². The fourth-order valence-electron chi connectivity index (χ4n) is 3.71. The average Bonchev–Trinajstić information content (AvgIpc) is 3.06. The molecule has 0 bridgehead atoms. The Labute approximate surface area is 130 Å². The van der Waals surface area contributed by atoms with E-state index in [1.165, 1.54) is 45.7 Å². The van der Waals surface area contributed by atoms with Gasteiger partial charge in [-0.2, -0.15) is 4.52 Å². The normalized spacial score (nSPS) is 25.5. The lowest BCUT2D eigenvalue weighted by molar-refractivity contribution is 0.661. The highest BCUT2D eigenvalue weighted by Gasteiger charge is 2.53. The zero-order chi connectivity index (χ0) is 14.7. The minimum atomic E-state index is -0.132. The minimum absolute atomic E-state index is 0.132. The Bertz CT molecular complexity index is 931. The largest absolute Gasteiger partial charge is 0.356 e. The van der Waals surface area contributed by atoms with Gasteiger partial charge in [-0.3, -0.25) is 4.79 Å². The van der Waals surface area contributed by atoms with Gasteiger partial charge in [-0.25, -0.2) is 4.98 Å². The van der Waals surface area contributed by atoms with Crippen molar-refractivity contribution < 1.29 is 0 Å². The van der Waals surface area contributed by atoms with Crippen molar-refractivity contribution in [1.29, 1.82) is 0 Å². The molecular formula is C16H14N4OS. The van der Waals surface area contributed by atoms with Gasteiger partial charge in [-0.05, 0) is 29.9 Å². The van der Waals surface area contributed by atoms with Crippen molar-refractivity contribution in [3.63, 3.8) is 0 Å². The molecular weight excluding hydrogens is 296 g/mol. The highest BCUT2D eigenvalue weighted by molar-refractivity contribution is 7.20. The molecule has 0 amide bonds. The molecule has 1 aromatic carbocycles. The smallest absolute Gasteiger partial charge is 0.275 e. The highest BCUT2D eigenvalue weighted by atomic mass is 32.1. The van der Waals surface area contributed by atoms with Gasteiger partial charge in [0.05, 0.1) is 0 Å². The highest BCUT2D eigenvalue weighted by Crippen LogP contribution is 2.55. The molecule has 0 saturated heterocycles. The number of nitrogens with one attached hydrogen (secondary N) is 1. The summed E-state index contributed by atoms with van der Waals surface area (Å²) < 4.78 is 1.37. The molecule has 0 radical (unpaired) electrons. The minimum Gasteiger partial charge on any atom is -0.356 e. The topological polar surface area (TPSA) is 59.3 Å². The Morgan fingerprint density at radius 2 is 2.18 bits per heavy atom. The maximum absolute atomic E-state index is 11.7. The van der Waals surface area contributed by atoms with Gasteiger partial charge >= 0.3 is 0 Å². The molecule has 110 valence electrons. The van der Waals surface area contributed by atoms with Gasteiger partial charge in [-0.15, -0.1) is 5.10 Å². The third-order valence-corrected chi connectivity index (χ3v) is 5.64. The Balaban J connectivity index is 1.46. The van der Waals surface area contributed by atoms with Crippen LogP contribution in [0.1, 0.15) is 23.5 Å². The van der Waals surface area contributed by atoms with Crippen LogP contribution in [0.3, 0.4) is 0 Å². The fourth-order valence-corrected chi connectivity index (χ4v) is 4.53. The van der Waals surface area contributed by atoms with Crippen molar-refractivity contribution in [1.82, 2.24) is 14.6 Å². The van der Waals surface area contributed by atoms with Crippen LogP contribution in [0.2, 0.25) is 0 Å². The number of hydrogen-bond acceptors (Lipinski definition) is 5. The second-order valence-electron chi connectivity index (χ2n) is 5.98. The van der Waals surface area contributed by atoms with Gasteiger partial charge in [0.15, 0.2) is 0 Å². The second-order valence-corrected chi connectivity index (χ2v) is 6.94. The first kappa shape index (κ1) is 12.3. The molecule has 1 N–H and O–H groups in total. The number of rotatable bonds is 2. The van der Waals surface area contributed by atoms with Crippen LogP contribution in [-0.4, -0.2) is 20.6 Å². The molecule has 0 spiro atoms. The maximum Gasteiger partial charge on any atom is 0.275 e. The number of aromatic nitrogens is 3. The Morgan fingerprint density at radius 3 is 3.09 bits per heavy atom. The van der Waals surface area contributed by atoms with Crippen LogP contribution in [0.15, 0.2) is 41.3 Å². The predicted molar refractivity (Wildman–Crippen MR) is 85.5 cm³/mol. The van der Waals surface area contributed by atoms with Crippen LogP contribution in [-0.2, 0) is 6.42 Å². The first-order valence-electron chi connectivity index (χ1n) is 7.50. The predicted octanol–water partition coefficient (Wildman–Crippen LogP) is 2.29. The van der Waals surface area contributed by atoms with Crippen LogP contribution in [0.4, 0.5) is 5.13 Å². The van der Waals surface area contributed by atoms with Crippen LogP contribution in [0.25, 0.3) is 4.96 Å². The molecule has 3 aromatic rings. The Hall–Kier alpha value is -2.21. The maximum atomic E-state index is 11.7. The van der Waals surface area contributed by atoms with Crippen molar-refractivity contribution in [2.24, 2.45) is 5.92 Å². The number of aryl methyl sites for hydroxylation is 1. The Kier molecular flexibility index (Phi) is 2.47. The summed E-state index contributed by atoms with van der Waals surface area (Å²) in [6.45, 7) is 0. The van der Waals surface area contributed by atoms with Gasteiger partial charge in [0.1, 0.15) is 0 Å². The summed E-state index contributed by atoms with van der Waals surface area (Å²) >= 11 is 1.44. The summed E-state index contributed by atoms with van der Waals surface area (Å²) in [6.07, 6.45) is 3.92. The van der Waals surface area contributed by atoms with Crippen LogP contribution < -0.4 is 10.9 Å². The van der Waals surface area contributed by atoms with Crippen molar-refractivity contribution in [2.75, 3.05) is 5.32 Å². The van der Waals surface area contributed by atoms with Crippen LogP contribution >= 0.6 is 11.3 Å². The molecule has 2 aliphatic rings. The third-order valence-electron chi connectivity index (χ3n) is 4.79. The number of benzene rings is 1. The van der Waals surface area contributed by atoms with Gasteiger partial charge < -0.3 is 5.32 Å². The molecule has 2 aliphatic carbocycles. The fraction of sp³-hybridized carbons (Fsp3) is 0.312. The molecule has 0 aliphatic heterocycles. The monoisotopic (exact) mass is 310 g/mol. The molecule has 2 heterocycles. The first-order chi connectivity index (χ1) is 10.8. The molecule has 3 unspecified atom stereocenters. The van der Waals surface area contributed by atoms with Crippen LogP contribution in [0, 0.1) is 5.92 Å². The van der Waals surface area contributed by atoms with Gasteiger partial charge in [0.2, 0.25) is 10.1 Å². The molecule has 2 aromatic heterocycles. The Morgan fingerprint density at radius 1 is 1.27 bits per heavy atom. The number of nitrogens with zero attached hydrogens (tertiary/aromatic N) is 3. The van der Waals surface area contributed by atoms with Gasteiger partial charge in [0, 0.05) is 24.2 Å². The molecule has 1 fully saturated rings. The van der Waals surface area contributed by atoms with E-state index in [0.717, 1.165) is 11.6 Å². The van der Waals surface area contributed by atoms with Gasteiger partial charge in [0.25, 0.3) is 5.56 Å². The summed E-state index contributed by atoms with van der Waals surface area (Å²) in [6, 6.07) is 10.6. The van der Waals surface area contributed by atoms with Crippen molar-refractivity contribution in [3.8, 4) is 0 Å². The summed E-state index contributed by atoms with van der Waals surface area (Å²) in [7, 11) is 0. The first-order valence-corrected chi connectivity index (χ1v) is 8.32. The van der Waals surface area contributed by atoms with Gasteiger partial charge in [-0.1, -0.05) is 35.6 Å². The molecule has 3 atom stereocenters. The van der Waals surface area contributed by atoms with Crippen LogP contribution in [0.5, 0.6) is 0 Å². The van der Waals surface area contributed by atoms with E-state index in [0.29, 0.717) is 22.8 Å². The molecule has 5 nitrogen and oxygen atoms in total. The van der Waals surface area contributed by atoms with E-state index in [-0.39, 0.29) is 5.56 Å². The SMILES string of the molecule is O=c1ccnc2sc(NC3C4CCc5ccccc5C43)nn12. The summed E-state index contributed by atoms with van der Waals surface area (Å²) in [4.78, 5) is 16.6. The number of fused-ring (bicyclic) bond motifs is 4. The van der Waals surface area contributed by atoms with E-state index < -0.39 is 0 Å². The molecule has 22 heavy (non-hydrogen) atoms. The van der Waals surface area contributed by atoms with E-state index >= 15 is 0 Å². The van der Waals surface area contributed by atoms with E-state index in [1.807, 2.05) is 0 Å². The molecule has 5 rings (SSSR count).